The Balaban J connectivity index is 3.11. The van der Waals surface area contributed by atoms with Gasteiger partial charge in [0.25, 0.3) is 0 Å². The summed E-state index contributed by atoms with van der Waals surface area (Å²) in [7, 11) is 0. The molecule has 0 spiro atoms. The van der Waals surface area contributed by atoms with Crippen LogP contribution in [0.2, 0.25) is 0 Å². The molecule has 0 radical (unpaired) electrons. The van der Waals surface area contributed by atoms with E-state index >= 15 is 0 Å². The molecular weight excluding hydrogens is 222 g/mol. The summed E-state index contributed by atoms with van der Waals surface area (Å²) in [5.74, 6) is 0.403. The second kappa shape index (κ2) is 6.00. The molecule has 0 aliphatic heterocycles. The number of aliphatic hydroxyl groups excluding tert-OH is 1. The van der Waals surface area contributed by atoms with Gasteiger partial charge >= 0.3 is 0 Å². The Morgan fingerprint density at radius 1 is 1.53 bits per heavy atom. The highest BCUT2D eigenvalue weighted by molar-refractivity contribution is 5.95. The maximum Gasteiger partial charge on any atom is 0.226 e. The second-order valence-corrected chi connectivity index (χ2v) is 3.48. The number of rotatable bonds is 5. The van der Waals surface area contributed by atoms with Crippen molar-refractivity contribution in [1.29, 1.82) is 0 Å². The summed E-state index contributed by atoms with van der Waals surface area (Å²) in [4.78, 5) is 10.2. The lowest BCUT2D eigenvalue weighted by Gasteiger charge is -2.20. The van der Waals surface area contributed by atoms with Gasteiger partial charge in [-0.2, -0.15) is 0 Å². The summed E-state index contributed by atoms with van der Waals surface area (Å²) in [5.41, 5.74) is 6.57. The van der Waals surface area contributed by atoms with E-state index in [1.807, 2.05) is 6.92 Å². The first-order valence-electron chi connectivity index (χ1n) is 5.31. The molecule has 0 atom stereocenters. The fourth-order valence-electron chi connectivity index (χ4n) is 1.40. The normalized spacial score (nSPS) is 11.6. The van der Waals surface area contributed by atoms with Crippen molar-refractivity contribution in [1.82, 2.24) is 9.97 Å². The van der Waals surface area contributed by atoms with E-state index in [0.717, 1.165) is 0 Å². The Labute approximate surface area is 99.6 Å². The molecule has 1 rings (SSSR count). The van der Waals surface area contributed by atoms with E-state index in [-0.39, 0.29) is 12.4 Å². The first kappa shape index (κ1) is 13.2. The van der Waals surface area contributed by atoms with Gasteiger partial charge in [0.15, 0.2) is 5.84 Å². The highest BCUT2D eigenvalue weighted by atomic mass is 16.4. The number of hydrogen-bond acceptors (Lipinski definition) is 6. The van der Waals surface area contributed by atoms with E-state index in [1.54, 1.807) is 17.9 Å². The van der Waals surface area contributed by atoms with E-state index in [2.05, 4.69) is 15.1 Å². The van der Waals surface area contributed by atoms with E-state index in [9.17, 15) is 0 Å². The number of aryl methyl sites for hydroxylation is 1. The van der Waals surface area contributed by atoms with Gasteiger partial charge in [0.1, 0.15) is 5.69 Å². The summed E-state index contributed by atoms with van der Waals surface area (Å²) in [6.07, 6.45) is 0. The van der Waals surface area contributed by atoms with Crippen LogP contribution >= 0.6 is 0 Å². The van der Waals surface area contributed by atoms with Crippen LogP contribution in [-0.4, -0.2) is 45.8 Å². The molecule has 0 bridgehead atoms. The zero-order chi connectivity index (χ0) is 12.8. The molecule has 1 aromatic rings. The monoisotopic (exact) mass is 239 g/mol. The van der Waals surface area contributed by atoms with Gasteiger partial charge in [-0.15, -0.1) is 0 Å². The molecule has 0 aliphatic rings. The summed E-state index contributed by atoms with van der Waals surface area (Å²) in [6.45, 7) is 4.86. The van der Waals surface area contributed by atoms with Crippen LogP contribution in [-0.2, 0) is 0 Å². The number of aliphatic hydroxyl groups is 1. The van der Waals surface area contributed by atoms with E-state index < -0.39 is 0 Å². The lowest BCUT2D eigenvalue weighted by atomic mass is 10.3. The van der Waals surface area contributed by atoms with Crippen LogP contribution in [0, 0.1) is 6.92 Å². The van der Waals surface area contributed by atoms with Crippen LogP contribution in [0.1, 0.15) is 18.3 Å². The largest absolute Gasteiger partial charge is 0.409 e. The Kier molecular flexibility index (Phi) is 4.65. The minimum absolute atomic E-state index is 0.0179. The quantitative estimate of drug-likeness (QED) is 0.282. The molecule has 0 aromatic carbocycles. The van der Waals surface area contributed by atoms with Gasteiger partial charge in [0.2, 0.25) is 5.95 Å². The number of hydrogen-bond donors (Lipinski definition) is 3. The fourth-order valence-corrected chi connectivity index (χ4v) is 1.40. The average molecular weight is 239 g/mol. The van der Waals surface area contributed by atoms with Crippen LogP contribution in [0.3, 0.4) is 0 Å². The Bertz CT molecular complexity index is 408. The number of oxime groups is 1. The molecule has 1 heterocycles. The van der Waals surface area contributed by atoms with Gasteiger partial charge in [-0.05, 0) is 19.9 Å². The van der Waals surface area contributed by atoms with E-state index in [1.165, 1.54) is 0 Å². The number of anilines is 1. The molecule has 7 nitrogen and oxygen atoms in total. The summed E-state index contributed by atoms with van der Waals surface area (Å²) >= 11 is 0. The van der Waals surface area contributed by atoms with Gasteiger partial charge in [0.05, 0.1) is 6.61 Å². The molecule has 7 heteroatoms. The molecule has 0 fully saturated rings. The van der Waals surface area contributed by atoms with Crippen LogP contribution in [0.5, 0.6) is 0 Å². The third-order valence-corrected chi connectivity index (χ3v) is 2.25. The Hall–Kier alpha value is -1.89. The number of nitrogens with two attached hydrogens (primary N) is 1. The molecule has 4 N–H and O–H groups in total. The van der Waals surface area contributed by atoms with Crippen molar-refractivity contribution in [3.63, 3.8) is 0 Å². The van der Waals surface area contributed by atoms with E-state index in [0.29, 0.717) is 30.4 Å². The van der Waals surface area contributed by atoms with Crippen LogP contribution in [0.25, 0.3) is 0 Å². The predicted octanol–water partition coefficient (Wildman–Crippen LogP) is -0.302. The number of amidine groups is 1. The number of aromatic nitrogens is 2. The molecule has 17 heavy (non-hydrogen) atoms. The molecule has 0 amide bonds. The predicted molar refractivity (Wildman–Crippen MR) is 64.3 cm³/mol. The first-order valence-corrected chi connectivity index (χ1v) is 5.31. The number of likely N-dealkylation sites (N-methyl/N-ethyl adjacent to an activating group) is 1. The van der Waals surface area contributed by atoms with Crippen molar-refractivity contribution in [2.24, 2.45) is 10.9 Å². The minimum Gasteiger partial charge on any atom is -0.409 e. The van der Waals surface area contributed by atoms with Crippen molar-refractivity contribution in [2.45, 2.75) is 13.8 Å². The maximum atomic E-state index is 8.94. The lowest BCUT2D eigenvalue weighted by Crippen LogP contribution is -2.29. The van der Waals surface area contributed by atoms with E-state index in [4.69, 9.17) is 16.0 Å². The first-order chi connectivity index (χ1) is 8.12. The van der Waals surface area contributed by atoms with Gasteiger partial charge in [-0.3, -0.25) is 0 Å². The number of nitrogens with zero attached hydrogens (tertiary/aromatic N) is 4. The molecule has 0 saturated heterocycles. The van der Waals surface area contributed by atoms with Gasteiger partial charge in [-0.25, -0.2) is 9.97 Å². The van der Waals surface area contributed by atoms with Crippen molar-refractivity contribution in [3.05, 3.63) is 17.5 Å². The average Bonchev–Trinajstić information content (AvgIpc) is 2.34. The Morgan fingerprint density at radius 3 is 2.76 bits per heavy atom. The highest BCUT2D eigenvalue weighted by Crippen LogP contribution is 2.09. The highest BCUT2D eigenvalue weighted by Gasteiger charge is 2.11. The smallest absolute Gasteiger partial charge is 0.226 e. The standard InChI is InChI=1S/C10H17N5O2/c1-3-15(4-5-16)10-12-7(2)6-8(13-10)9(11)14-17/h6,16-17H,3-5H2,1-2H3,(H2,11,14). The van der Waals surface area contributed by atoms with Crippen LogP contribution in [0.4, 0.5) is 5.95 Å². The minimum atomic E-state index is -0.0585. The second-order valence-electron chi connectivity index (χ2n) is 3.48. The molecule has 0 aliphatic carbocycles. The van der Waals surface area contributed by atoms with Crippen molar-refractivity contribution in [3.8, 4) is 0 Å². The fraction of sp³-hybridized carbons (Fsp3) is 0.500. The third kappa shape index (κ3) is 3.28. The van der Waals surface area contributed by atoms with Crippen LogP contribution < -0.4 is 10.6 Å². The third-order valence-electron chi connectivity index (χ3n) is 2.25. The zero-order valence-corrected chi connectivity index (χ0v) is 9.96. The van der Waals surface area contributed by atoms with Crippen LogP contribution in [0.15, 0.2) is 11.2 Å². The van der Waals surface area contributed by atoms with Crippen molar-refractivity contribution >= 4 is 11.8 Å². The van der Waals surface area contributed by atoms with Gasteiger partial charge in [0, 0.05) is 18.8 Å². The van der Waals surface area contributed by atoms with Gasteiger partial charge in [-0.1, -0.05) is 5.16 Å². The topological polar surface area (TPSA) is 108 Å². The van der Waals surface area contributed by atoms with Crippen molar-refractivity contribution < 1.29 is 10.3 Å². The molecule has 0 unspecified atom stereocenters. The maximum absolute atomic E-state index is 8.94. The molecular formula is C10H17N5O2. The molecule has 94 valence electrons. The zero-order valence-electron chi connectivity index (χ0n) is 9.96. The molecule has 0 saturated carbocycles. The summed E-state index contributed by atoms with van der Waals surface area (Å²) < 4.78 is 0. The lowest BCUT2D eigenvalue weighted by molar-refractivity contribution is 0.301. The summed E-state index contributed by atoms with van der Waals surface area (Å²) in [5, 5.41) is 20.5. The SMILES string of the molecule is CCN(CCO)c1nc(C)cc(/C(N)=N/O)n1. The molecule has 1 aromatic heterocycles. The summed E-state index contributed by atoms with van der Waals surface area (Å²) in [6, 6.07) is 1.63. The Morgan fingerprint density at radius 2 is 2.24 bits per heavy atom. The van der Waals surface area contributed by atoms with Gasteiger partial charge < -0.3 is 20.9 Å². The van der Waals surface area contributed by atoms with Crippen molar-refractivity contribution in [2.75, 3.05) is 24.6 Å².